The number of nitriles is 1. The van der Waals surface area contributed by atoms with Gasteiger partial charge in [0.15, 0.2) is 0 Å². The molecule has 2 aromatic rings. The average Bonchev–Trinajstić information content (AvgIpc) is 2.46. The summed E-state index contributed by atoms with van der Waals surface area (Å²) in [5.41, 5.74) is 3.38. The molecule has 0 saturated heterocycles. The summed E-state index contributed by atoms with van der Waals surface area (Å²) in [4.78, 5) is 0. The molecule has 0 saturated carbocycles. The van der Waals surface area contributed by atoms with E-state index in [1.165, 1.54) is 0 Å². The smallest absolute Gasteiger partial charge is 0.125 e. The van der Waals surface area contributed by atoms with Crippen LogP contribution in [0.25, 0.3) is 0 Å². The highest BCUT2D eigenvalue weighted by atomic mass is 35.5. The third kappa shape index (κ3) is 3.04. The maximum absolute atomic E-state index is 9.12. The lowest BCUT2D eigenvalue weighted by atomic mass is 10.1. The van der Waals surface area contributed by atoms with Crippen LogP contribution in [0.3, 0.4) is 0 Å². The summed E-state index contributed by atoms with van der Waals surface area (Å²) in [6.07, 6.45) is 0. The summed E-state index contributed by atoms with van der Waals surface area (Å²) >= 11 is 6.19. The first kappa shape index (κ1) is 14.2. The van der Waals surface area contributed by atoms with Crippen LogP contribution in [0.5, 0.6) is 5.75 Å². The Kier molecular flexibility index (Phi) is 4.49. The number of ether oxygens (including phenoxy) is 1. The van der Waals surface area contributed by atoms with Gasteiger partial charge in [-0.05, 0) is 36.8 Å². The number of aryl methyl sites for hydroxylation is 1. The third-order valence-electron chi connectivity index (χ3n) is 3.05. The molecule has 2 rings (SSSR count). The van der Waals surface area contributed by atoms with Gasteiger partial charge in [-0.1, -0.05) is 23.7 Å². The lowest BCUT2D eigenvalue weighted by Crippen LogP contribution is -2.04. The number of rotatable bonds is 4. The fourth-order valence-corrected chi connectivity index (χ4v) is 2.22. The molecule has 0 aliphatic carbocycles. The second-order valence-corrected chi connectivity index (χ2v) is 4.84. The van der Waals surface area contributed by atoms with Gasteiger partial charge >= 0.3 is 0 Å². The molecule has 0 bridgehead atoms. The first-order valence-corrected chi connectivity index (χ1v) is 6.59. The highest BCUT2D eigenvalue weighted by Gasteiger charge is 2.08. The Morgan fingerprint density at radius 3 is 2.80 bits per heavy atom. The van der Waals surface area contributed by atoms with Crippen LogP contribution < -0.4 is 10.1 Å². The molecule has 2 aromatic carbocycles. The van der Waals surface area contributed by atoms with Gasteiger partial charge in [-0.25, -0.2) is 0 Å². The van der Waals surface area contributed by atoms with E-state index in [2.05, 4.69) is 11.4 Å². The summed E-state index contributed by atoms with van der Waals surface area (Å²) in [7, 11) is 1.61. The molecule has 20 heavy (non-hydrogen) atoms. The predicted molar refractivity (Wildman–Crippen MR) is 81.2 cm³/mol. The minimum Gasteiger partial charge on any atom is -0.496 e. The lowest BCUT2D eigenvalue weighted by Gasteiger charge is -2.13. The van der Waals surface area contributed by atoms with Crippen molar-refractivity contribution in [3.8, 4) is 11.8 Å². The van der Waals surface area contributed by atoms with Crippen molar-refractivity contribution in [1.82, 2.24) is 0 Å². The van der Waals surface area contributed by atoms with Crippen molar-refractivity contribution >= 4 is 17.3 Å². The van der Waals surface area contributed by atoms with Crippen LogP contribution >= 0.6 is 11.6 Å². The van der Waals surface area contributed by atoms with Gasteiger partial charge in [-0.2, -0.15) is 5.26 Å². The van der Waals surface area contributed by atoms with Gasteiger partial charge in [0, 0.05) is 17.1 Å². The first-order valence-electron chi connectivity index (χ1n) is 6.21. The normalized spacial score (nSPS) is 9.90. The number of hydrogen-bond donors (Lipinski definition) is 1. The molecule has 1 N–H and O–H groups in total. The zero-order valence-electron chi connectivity index (χ0n) is 11.4. The molecule has 4 heteroatoms. The van der Waals surface area contributed by atoms with Crippen LogP contribution in [-0.4, -0.2) is 7.11 Å². The zero-order chi connectivity index (χ0) is 14.5. The SMILES string of the molecule is COc1cccc(Cl)c1CNc1cc(C)ccc1C#N. The van der Waals surface area contributed by atoms with Crippen molar-refractivity contribution in [1.29, 1.82) is 5.26 Å². The van der Waals surface area contributed by atoms with E-state index >= 15 is 0 Å². The second kappa shape index (κ2) is 6.31. The van der Waals surface area contributed by atoms with Gasteiger partial charge in [-0.3, -0.25) is 0 Å². The molecule has 3 nitrogen and oxygen atoms in total. The Balaban J connectivity index is 2.26. The van der Waals surface area contributed by atoms with E-state index in [4.69, 9.17) is 21.6 Å². The fourth-order valence-electron chi connectivity index (χ4n) is 1.99. The van der Waals surface area contributed by atoms with Gasteiger partial charge < -0.3 is 10.1 Å². The quantitative estimate of drug-likeness (QED) is 0.919. The van der Waals surface area contributed by atoms with E-state index in [-0.39, 0.29) is 0 Å². The highest BCUT2D eigenvalue weighted by molar-refractivity contribution is 6.31. The molecule has 0 spiro atoms. The monoisotopic (exact) mass is 286 g/mol. The van der Waals surface area contributed by atoms with E-state index in [1.807, 2.05) is 43.3 Å². The first-order chi connectivity index (χ1) is 9.65. The Morgan fingerprint density at radius 1 is 1.30 bits per heavy atom. The number of halogens is 1. The molecule has 0 atom stereocenters. The number of methoxy groups -OCH3 is 1. The molecular formula is C16H15ClN2O. The highest BCUT2D eigenvalue weighted by Crippen LogP contribution is 2.27. The molecule has 0 fully saturated rings. The van der Waals surface area contributed by atoms with Crippen molar-refractivity contribution in [2.24, 2.45) is 0 Å². The average molecular weight is 287 g/mol. The minimum atomic E-state index is 0.501. The Bertz CT molecular complexity index is 662. The fraction of sp³-hybridized carbons (Fsp3) is 0.188. The van der Waals surface area contributed by atoms with Crippen LogP contribution in [0.4, 0.5) is 5.69 Å². The molecule has 0 aliphatic rings. The van der Waals surface area contributed by atoms with Crippen molar-refractivity contribution in [3.05, 3.63) is 58.1 Å². The predicted octanol–water partition coefficient (Wildman–Crippen LogP) is 4.14. The number of anilines is 1. The van der Waals surface area contributed by atoms with E-state index in [0.29, 0.717) is 17.1 Å². The molecule has 0 amide bonds. The molecular weight excluding hydrogens is 272 g/mol. The molecule has 0 aliphatic heterocycles. The third-order valence-corrected chi connectivity index (χ3v) is 3.40. The van der Waals surface area contributed by atoms with Crippen LogP contribution in [-0.2, 0) is 6.54 Å². The maximum Gasteiger partial charge on any atom is 0.125 e. The largest absolute Gasteiger partial charge is 0.496 e. The van der Waals surface area contributed by atoms with Crippen LogP contribution in [0.15, 0.2) is 36.4 Å². The second-order valence-electron chi connectivity index (χ2n) is 4.44. The number of nitrogens with zero attached hydrogens (tertiary/aromatic N) is 1. The molecule has 0 radical (unpaired) electrons. The summed E-state index contributed by atoms with van der Waals surface area (Å²) in [5.74, 6) is 0.733. The Morgan fingerprint density at radius 2 is 2.10 bits per heavy atom. The van der Waals surface area contributed by atoms with Gasteiger partial charge in [0.05, 0.1) is 18.4 Å². The zero-order valence-corrected chi connectivity index (χ0v) is 12.2. The van der Waals surface area contributed by atoms with Gasteiger partial charge in [0.25, 0.3) is 0 Å². The summed E-state index contributed by atoms with van der Waals surface area (Å²) < 4.78 is 5.31. The standard InChI is InChI=1S/C16H15ClN2O/c1-11-6-7-12(9-18)15(8-11)19-10-13-14(17)4-3-5-16(13)20-2/h3-8,19H,10H2,1-2H3. The van der Waals surface area contributed by atoms with E-state index in [9.17, 15) is 0 Å². The van der Waals surface area contributed by atoms with E-state index in [0.717, 1.165) is 22.6 Å². The molecule has 0 aromatic heterocycles. The number of nitrogens with one attached hydrogen (secondary N) is 1. The van der Waals surface area contributed by atoms with Crippen molar-refractivity contribution in [3.63, 3.8) is 0 Å². The Labute approximate surface area is 123 Å². The topological polar surface area (TPSA) is 45.0 Å². The molecule has 102 valence electrons. The molecule has 0 heterocycles. The van der Waals surface area contributed by atoms with Crippen molar-refractivity contribution in [2.75, 3.05) is 12.4 Å². The number of benzene rings is 2. The van der Waals surface area contributed by atoms with Crippen LogP contribution in [0.2, 0.25) is 5.02 Å². The van der Waals surface area contributed by atoms with Gasteiger partial charge in [-0.15, -0.1) is 0 Å². The minimum absolute atomic E-state index is 0.501. The van der Waals surface area contributed by atoms with Crippen LogP contribution in [0.1, 0.15) is 16.7 Å². The van der Waals surface area contributed by atoms with Crippen molar-refractivity contribution in [2.45, 2.75) is 13.5 Å². The van der Waals surface area contributed by atoms with E-state index < -0.39 is 0 Å². The van der Waals surface area contributed by atoms with Gasteiger partial charge in [0.1, 0.15) is 11.8 Å². The van der Waals surface area contributed by atoms with Gasteiger partial charge in [0.2, 0.25) is 0 Å². The summed E-state index contributed by atoms with van der Waals surface area (Å²) in [6, 6.07) is 13.4. The molecule has 0 unspecified atom stereocenters. The van der Waals surface area contributed by atoms with Crippen molar-refractivity contribution < 1.29 is 4.74 Å². The summed E-state index contributed by atoms with van der Waals surface area (Å²) in [5, 5.41) is 13.0. The maximum atomic E-state index is 9.12. The summed E-state index contributed by atoms with van der Waals surface area (Å²) in [6.45, 7) is 2.49. The number of hydrogen-bond acceptors (Lipinski definition) is 3. The Hall–Kier alpha value is -2.18. The van der Waals surface area contributed by atoms with E-state index in [1.54, 1.807) is 7.11 Å². The lowest BCUT2D eigenvalue weighted by molar-refractivity contribution is 0.410. The van der Waals surface area contributed by atoms with Crippen LogP contribution in [0, 0.1) is 18.3 Å².